The van der Waals surface area contributed by atoms with Gasteiger partial charge in [-0.3, -0.25) is 0 Å². The van der Waals surface area contributed by atoms with Crippen LogP contribution >= 0.6 is 11.3 Å². The first-order valence-corrected chi connectivity index (χ1v) is 9.61. The number of benzene rings is 1. The summed E-state index contributed by atoms with van der Waals surface area (Å²) < 4.78 is 42.3. The van der Waals surface area contributed by atoms with E-state index < -0.39 is 16.1 Å². The van der Waals surface area contributed by atoms with Crippen molar-refractivity contribution in [3.05, 3.63) is 65.0 Å². The van der Waals surface area contributed by atoms with Crippen LogP contribution in [-0.2, 0) is 10.0 Å². The molecule has 24 heavy (non-hydrogen) atoms. The minimum Gasteiger partial charge on any atom is -0.238 e. The number of hydrogen-bond acceptors (Lipinski definition) is 4. The first-order chi connectivity index (χ1) is 11.4. The van der Waals surface area contributed by atoms with Crippen LogP contribution in [0.5, 0.6) is 0 Å². The van der Waals surface area contributed by atoms with E-state index in [4.69, 9.17) is 0 Å². The normalized spacial score (nSPS) is 13.1. The molecule has 0 aliphatic carbocycles. The number of nitrogens with zero attached hydrogens (tertiary/aromatic N) is 2. The van der Waals surface area contributed by atoms with Crippen LogP contribution in [-0.4, -0.2) is 18.2 Å². The van der Waals surface area contributed by atoms with Gasteiger partial charge in [0.1, 0.15) is 10.0 Å². The predicted molar refractivity (Wildman–Crippen MR) is 91.3 cm³/mol. The predicted octanol–water partition coefficient (Wildman–Crippen LogP) is 3.42. The van der Waals surface area contributed by atoms with E-state index in [1.165, 1.54) is 23.5 Å². The Morgan fingerprint density at radius 2 is 1.96 bits per heavy atom. The Hall–Kier alpha value is -2.03. The first-order valence-electron chi connectivity index (χ1n) is 7.25. The van der Waals surface area contributed by atoms with Crippen LogP contribution < -0.4 is 4.72 Å². The van der Waals surface area contributed by atoms with Gasteiger partial charge in [-0.1, -0.05) is 6.07 Å². The monoisotopic (exact) mass is 365 g/mol. The number of sulfonamides is 1. The molecule has 2 heterocycles. The summed E-state index contributed by atoms with van der Waals surface area (Å²) in [6.07, 6.45) is 1.63. The maximum Gasteiger partial charge on any atom is 0.250 e. The summed E-state index contributed by atoms with van der Waals surface area (Å²) >= 11 is 1.17. The Balaban J connectivity index is 1.87. The highest BCUT2D eigenvalue weighted by Crippen LogP contribution is 2.23. The van der Waals surface area contributed by atoms with Gasteiger partial charge in [0.15, 0.2) is 0 Å². The molecule has 0 aliphatic heterocycles. The Morgan fingerprint density at radius 3 is 2.58 bits per heavy atom. The van der Waals surface area contributed by atoms with Crippen molar-refractivity contribution in [2.45, 2.75) is 24.1 Å². The molecule has 1 N–H and O–H groups in total. The SMILES string of the molecule is Cc1c([C@H](C)NS(=O)(=O)c2cccs2)cnn1-c1ccc(F)cc1. The Labute approximate surface area is 143 Å². The third kappa shape index (κ3) is 3.26. The van der Waals surface area contributed by atoms with Crippen LogP contribution in [0, 0.1) is 12.7 Å². The summed E-state index contributed by atoms with van der Waals surface area (Å²) in [4.78, 5) is 0. The van der Waals surface area contributed by atoms with Crippen molar-refractivity contribution >= 4 is 21.4 Å². The van der Waals surface area contributed by atoms with Crippen molar-refractivity contribution in [1.82, 2.24) is 14.5 Å². The fraction of sp³-hybridized carbons (Fsp3) is 0.188. The molecule has 0 unspecified atom stereocenters. The van der Waals surface area contributed by atoms with Crippen LogP contribution in [0.2, 0.25) is 0 Å². The molecule has 1 aromatic carbocycles. The van der Waals surface area contributed by atoms with Crippen molar-refractivity contribution in [3.8, 4) is 5.69 Å². The molecule has 3 aromatic rings. The molecule has 0 fully saturated rings. The van der Waals surface area contributed by atoms with Gasteiger partial charge in [0, 0.05) is 17.3 Å². The maximum atomic E-state index is 13.1. The number of nitrogens with one attached hydrogen (secondary N) is 1. The lowest BCUT2D eigenvalue weighted by Crippen LogP contribution is -2.26. The van der Waals surface area contributed by atoms with E-state index in [0.717, 1.165) is 11.3 Å². The van der Waals surface area contributed by atoms with Gasteiger partial charge in [-0.15, -0.1) is 11.3 Å². The molecule has 1 atom stereocenters. The van der Waals surface area contributed by atoms with E-state index in [0.29, 0.717) is 5.69 Å². The van der Waals surface area contributed by atoms with Gasteiger partial charge >= 0.3 is 0 Å². The quantitative estimate of drug-likeness (QED) is 0.753. The number of thiophene rings is 1. The number of rotatable bonds is 5. The van der Waals surface area contributed by atoms with E-state index in [1.807, 2.05) is 6.92 Å². The third-order valence-electron chi connectivity index (χ3n) is 3.68. The molecular weight excluding hydrogens is 349 g/mol. The Morgan fingerprint density at radius 1 is 1.25 bits per heavy atom. The fourth-order valence-corrected chi connectivity index (χ4v) is 4.69. The summed E-state index contributed by atoms with van der Waals surface area (Å²) in [6.45, 7) is 3.62. The van der Waals surface area contributed by atoms with Crippen LogP contribution in [0.1, 0.15) is 24.2 Å². The largest absolute Gasteiger partial charge is 0.250 e. The van der Waals surface area contributed by atoms with Gasteiger partial charge in [0.25, 0.3) is 10.0 Å². The summed E-state index contributed by atoms with van der Waals surface area (Å²) in [5.74, 6) is -0.319. The average molecular weight is 365 g/mol. The van der Waals surface area contributed by atoms with E-state index in [2.05, 4.69) is 9.82 Å². The number of hydrogen-bond donors (Lipinski definition) is 1. The number of halogens is 1. The van der Waals surface area contributed by atoms with Crippen LogP contribution in [0.15, 0.2) is 52.2 Å². The van der Waals surface area contributed by atoms with Crippen molar-refractivity contribution in [1.29, 1.82) is 0 Å². The summed E-state index contributed by atoms with van der Waals surface area (Å²) in [7, 11) is -3.56. The van der Waals surface area contributed by atoms with Crippen molar-refractivity contribution < 1.29 is 12.8 Å². The van der Waals surface area contributed by atoms with E-state index in [1.54, 1.807) is 47.4 Å². The molecule has 2 aromatic heterocycles. The highest BCUT2D eigenvalue weighted by molar-refractivity contribution is 7.91. The topological polar surface area (TPSA) is 64.0 Å². The van der Waals surface area contributed by atoms with Crippen LogP contribution in [0.4, 0.5) is 4.39 Å². The molecule has 126 valence electrons. The lowest BCUT2D eigenvalue weighted by atomic mass is 10.1. The molecule has 0 aliphatic rings. The van der Waals surface area contributed by atoms with Crippen molar-refractivity contribution in [2.75, 3.05) is 0 Å². The van der Waals surface area contributed by atoms with Gasteiger partial charge < -0.3 is 0 Å². The minimum atomic E-state index is -3.56. The number of aromatic nitrogens is 2. The molecule has 0 radical (unpaired) electrons. The lowest BCUT2D eigenvalue weighted by molar-refractivity contribution is 0.568. The fourth-order valence-electron chi connectivity index (χ4n) is 2.46. The average Bonchev–Trinajstić information content (AvgIpc) is 3.18. The van der Waals surface area contributed by atoms with Gasteiger partial charge in [-0.05, 0) is 49.6 Å². The van der Waals surface area contributed by atoms with Crippen LogP contribution in [0.3, 0.4) is 0 Å². The third-order valence-corrected chi connectivity index (χ3v) is 6.62. The molecule has 5 nitrogen and oxygen atoms in total. The zero-order valence-corrected chi connectivity index (χ0v) is 14.7. The molecule has 0 spiro atoms. The molecule has 0 bridgehead atoms. The second-order valence-electron chi connectivity index (χ2n) is 5.35. The van der Waals surface area contributed by atoms with Crippen molar-refractivity contribution in [2.24, 2.45) is 0 Å². The van der Waals surface area contributed by atoms with Gasteiger partial charge in [0.05, 0.1) is 11.9 Å². The summed E-state index contributed by atoms with van der Waals surface area (Å²) in [5.41, 5.74) is 2.27. The molecular formula is C16H16FN3O2S2. The second kappa shape index (κ2) is 6.46. The van der Waals surface area contributed by atoms with E-state index in [9.17, 15) is 12.8 Å². The molecule has 3 rings (SSSR count). The first kappa shape index (κ1) is 16.8. The minimum absolute atomic E-state index is 0.276. The van der Waals surface area contributed by atoms with E-state index >= 15 is 0 Å². The van der Waals surface area contributed by atoms with Gasteiger partial charge in [0.2, 0.25) is 0 Å². The van der Waals surface area contributed by atoms with Gasteiger partial charge in [-0.25, -0.2) is 22.2 Å². The Kier molecular flexibility index (Phi) is 4.53. The molecule has 8 heteroatoms. The van der Waals surface area contributed by atoms with Crippen molar-refractivity contribution in [3.63, 3.8) is 0 Å². The summed E-state index contributed by atoms with van der Waals surface area (Å²) in [5, 5.41) is 6.01. The molecule has 0 saturated carbocycles. The Bertz CT molecular complexity index is 932. The summed E-state index contributed by atoms with van der Waals surface area (Å²) in [6, 6.07) is 8.79. The van der Waals surface area contributed by atoms with Gasteiger partial charge in [-0.2, -0.15) is 5.10 Å². The highest BCUT2D eigenvalue weighted by atomic mass is 32.2. The van der Waals surface area contributed by atoms with Crippen LogP contribution in [0.25, 0.3) is 5.69 Å². The van der Waals surface area contributed by atoms with E-state index in [-0.39, 0.29) is 10.0 Å². The zero-order valence-electron chi connectivity index (χ0n) is 13.1. The highest BCUT2D eigenvalue weighted by Gasteiger charge is 2.22. The maximum absolute atomic E-state index is 13.1. The molecule has 0 saturated heterocycles. The standard InChI is InChI=1S/C16H16FN3O2S2/c1-11(19-24(21,22)16-4-3-9-23-16)15-10-18-20(12(15)2)14-7-5-13(17)6-8-14/h3-11,19H,1-2H3/t11-/m0/s1. The smallest absolute Gasteiger partial charge is 0.238 e. The molecule has 0 amide bonds. The zero-order chi connectivity index (χ0) is 17.3. The lowest BCUT2D eigenvalue weighted by Gasteiger charge is -2.13. The second-order valence-corrected chi connectivity index (χ2v) is 8.24.